The zero-order valence-electron chi connectivity index (χ0n) is 22.0. The van der Waals surface area contributed by atoms with Crippen molar-refractivity contribution < 1.29 is 22.8 Å². The van der Waals surface area contributed by atoms with E-state index < -0.39 is 35.4 Å². The first-order chi connectivity index (χ1) is 19.1. The second-order valence-corrected chi connectivity index (χ2v) is 9.58. The van der Waals surface area contributed by atoms with E-state index in [1.54, 1.807) is 0 Å². The van der Waals surface area contributed by atoms with Crippen molar-refractivity contribution in [1.82, 2.24) is 20.2 Å². The summed E-state index contributed by atoms with van der Waals surface area (Å²) < 4.78 is 41.6. The Labute approximate surface area is 229 Å². The van der Waals surface area contributed by atoms with Crippen LogP contribution in [0.3, 0.4) is 0 Å². The maximum Gasteiger partial charge on any atom is 0.421 e. The van der Waals surface area contributed by atoms with E-state index in [0.717, 1.165) is 38.4 Å². The van der Waals surface area contributed by atoms with Crippen molar-refractivity contribution in [3.05, 3.63) is 59.8 Å². The molecule has 0 bridgehead atoms. The molecule has 2 aromatic carbocycles. The molecule has 1 aromatic heterocycles. The molecule has 0 spiro atoms. The number of piperazine rings is 1. The number of aromatic nitrogens is 2. The monoisotopic (exact) mass is 554 g/mol. The van der Waals surface area contributed by atoms with Crippen LogP contribution in [0.5, 0.6) is 0 Å². The summed E-state index contributed by atoms with van der Waals surface area (Å²) in [6.45, 7) is 8.49. The van der Waals surface area contributed by atoms with Gasteiger partial charge in [-0.3, -0.25) is 9.59 Å². The van der Waals surface area contributed by atoms with Crippen LogP contribution in [0.1, 0.15) is 29.8 Å². The van der Waals surface area contributed by atoms with Crippen LogP contribution >= 0.6 is 0 Å². The molecule has 2 amide bonds. The molecule has 2 aliphatic heterocycles. The normalized spacial score (nSPS) is 17.9. The van der Waals surface area contributed by atoms with Gasteiger partial charge >= 0.3 is 6.18 Å². The Hall–Kier alpha value is -4.39. The van der Waals surface area contributed by atoms with Gasteiger partial charge in [0.05, 0.1) is 16.9 Å². The van der Waals surface area contributed by atoms with Crippen LogP contribution in [0, 0.1) is 0 Å². The molecule has 10 nitrogen and oxygen atoms in total. The Bertz CT molecular complexity index is 1410. The van der Waals surface area contributed by atoms with Gasteiger partial charge in [-0.2, -0.15) is 18.2 Å². The van der Waals surface area contributed by atoms with Gasteiger partial charge in [0.2, 0.25) is 11.9 Å². The van der Waals surface area contributed by atoms with E-state index in [4.69, 9.17) is 0 Å². The fourth-order valence-electron chi connectivity index (χ4n) is 4.66. The lowest BCUT2D eigenvalue weighted by Gasteiger charge is -2.35. The lowest BCUT2D eigenvalue weighted by Crippen LogP contribution is -2.46. The molecule has 1 fully saturated rings. The van der Waals surface area contributed by atoms with Crippen LogP contribution in [0.4, 0.5) is 47.7 Å². The number of hydrogen-bond donors (Lipinski definition) is 4. The van der Waals surface area contributed by atoms with Crippen LogP contribution in [-0.2, 0) is 11.0 Å². The highest BCUT2D eigenvalue weighted by molar-refractivity contribution is 6.13. The Morgan fingerprint density at radius 1 is 1.02 bits per heavy atom. The molecule has 13 heteroatoms. The lowest BCUT2D eigenvalue weighted by molar-refractivity contribution is -0.137. The first-order valence-corrected chi connectivity index (χ1v) is 12.9. The number of carbonyl (C=O) groups excluding carboxylic acids is 2. The second kappa shape index (κ2) is 11.0. The van der Waals surface area contributed by atoms with Gasteiger partial charge < -0.3 is 31.1 Å². The molecular formula is C27H29F3N8O2. The molecule has 4 N–H and O–H groups in total. The van der Waals surface area contributed by atoms with Gasteiger partial charge in [-0.1, -0.05) is 13.0 Å². The zero-order chi connectivity index (χ0) is 28.4. The lowest BCUT2D eigenvalue weighted by atomic mass is 10.1. The number of fused-ring (bicyclic) bond motifs is 1. The predicted molar refractivity (Wildman–Crippen MR) is 146 cm³/mol. The first kappa shape index (κ1) is 27.2. The van der Waals surface area contributed by atoms with Crippen molar-refractivity contribution in [2.24, 2.45) is 0 Å². The molecule has 0 aliphatic carbocycles. The van der Waals surface area contributed by atoms with Crippen LogP contribution in [-0.4, -0.2) is 65.4 Å². The van der Waals surface area contributed by atoms with Crippen molar-refractivity contribution in [3.63, 3.8) is 0 Å². The number of likely N-dealkylation sites (N-methyl/N-ethyl adjacent to an activating group) is 1. The van der Waals surface area contributed by atoms with Crippen molar-refractivity contribution >= 4 is 46.3 Å². The molecular weight excluding hydrogens is 525 g/mol. The number of carbonyl (C=O) groups is 2. The quantitative estimate of drug-likeness (QED) is 0.359. The molecule has 1 atom stereocenters. The summed E-state index contributed by atoms with van der Waals surface area (Å²) in [5.74, 6) is -1.66. The molecule has 2 aliphatic rings. The van der Waals surface area contributed by atoms with E-state index in [2.05, 4.69) is 48.0 Å². The largest absolute Gasteiger partial charge is 0.421 e. The van der Waals surface area contributed by atoms with Crippen molar-refractivity contribution in [3.8, 4) is 0 Å². The van der Waals surface area contributed by atoms with Gasteiger partial charge in [0, 0.05) is 43.8 Å². The standard InChI is InChI=1S/C27H29F3N8O2/c1-3-37-11-13-38(14-12-37)18-9-7-17(8-10-18)33-26-31-15-19(27(28,29)30)23(36-26)34-20-5-4-6-21-22(20)25(40)32-16(2)24(39)35-21/h4-10,15-16H,3,11-14H2,1-2H3,(H,32,40)(H,35,39)(H2,31,33,34,36). The Morgan fingerprint density at radius 2 is 1.75 bits per heavy atom. The van der Waals surface area contributed by atoms with Crippen molar-refractivity contribution in [1.29, 1.82) is 0 Å². The maximum absolute atomic E-state index is 13.9. The number of benzene rings is 2. The molecule has 1 saturated heterocycles. The number of alkyl halides is 3. The molecule has 210 valence electrons. The van der Waals surface area contributed by atoms with E-state index in [1.807, 2.05) is 24.3 Å². The minimum absolute atomic E-state index is 0.00296. The topological polar surface area (TPSA) is 115 Å². The highest BCUT2D eigenvalue weighted by Gasteiger charge is 2.36. The predicted octanol–water partition coefficient (Wildman–Crippen LogP) is 4.19. The van der Waals surface area contributed by atoms with Gasteiger partial charge in [-0.15, -0.1) is 0 Å². The summed E-state index contributed by atoms with van der Waals surface area (Å²) in [6.07, 6.45) is -4.08. The van der Waals surface area contributed by atoms with Crippen LogP contribution in [0.15, 0.2) is 48.7 Å². The molecule has 0 saturated carbocycles. The third kappa shape index (κ3) is 5.78. The number of nitrogens with one attached hydrogen (secondary N) is 4. The summed E-state index contributed by atoms with van der Waals surface area (Å²) in [5.41, 5.74) is 0.773. The molecule has 5 rings (SSSR count). The second-order valence-electron chi connectivity index (χ2n) is 9.58. The van der Waals surface area contributed by atoms with Crippen LogP contribution in [0.25, 0.3) is 0 Å². The molecule has 0 radical (unpaired) electrons. The van der Waals surface area contributed by atoms with Gasteiger partial charge in [0.25, 0.3) is 5.91 Å². The third-order valence-electron chi connectivity index (χ3n) is 6.95. The SMILES string of the molecule is CCN1CCN(c2ccc(Nc3ncc(C(F)(F)F)c(Nc4cccc5c4C(=O)NC(C)C(=O)N5)n3)cc2)CC1. The highest BCUT2D eigenvalue weighted by Crippen LogP contribution is 2.37. The van der Waals surface area contributed by atoms with Crippen molar-refractivity contribution in [2.75, 3.05) is 53.6 Å². The molecule has 3 heterocycles. The average molecular weight is 555 g/mol. The van der Waals surface area contributed by atoms with Gasteiger partial charge in [-0.25, -0.2) is 4.98 Å². The van der Waals surface area contributed by atoms with Gasteiger partial charge in [0.15, 0.2) is 0 Å². The number of rotatable bonds is 6. The molecule has 3 aromatic rings. The first-order valence-electron chi connectivity index (χ1n) is 12.9. The van der Waals surface area contributed by atoms with Crippen LogP contribution < -0.4 is 26.2 Å². The van der Waals surface area contributed by atoms with E-state index in [-0.39, 0.29) is 22.9 Å². The maximum atomic E-state index is 13.9. The van der Waals surface area contributed by atoms with Gasteiger partial charge in [-0.05, 0) is 49.9 Å². The summed E-state index contributed by atoms with van der Waals surface area (Å²) in [5, 5.41) is 10.8. The Kier molecular flexibility index (Phi) is 7.48. The van der Waals surface area contributed by atoms with E-state index >= 15 is 0 Å². The average Bonchev–Trinajstić information content (AvgIpc) is 3.03. The van der Waals surface area contributed by atoms with Crippen LogP contribution in [0.2, 0.25) is 0 Å². The fourth-order valence-corrected chi connectivity index (χ4v) is 4.66. The van der Waals surface area contributed by atoms with Gasteiger partial charge in [0.1, 0.15) is 17.4 Å². The molecule has 40 heavy (non-hydrogen) atoms. The minimum atomic E-state index is -4.76. The number of amides is 2. The minimum Gasteiger partial charge on any atom is -0.369 e. The Morgan fingerprint density at radius 3 is 2.42 bits per heavy atom. The number of hydrogen-bond acceptors (Lipinski definition) is 8. The third-order valence-corrected chi connectivity index (χ3v) is 6.95. The summed E-state index contributed by atoms with van der Waals surface area (Å²) >= 11 is 0. The number of halogens is 3. The van der Waals surface area contributed by atoms with E-state index in [1.165, 1.54) is 25.1 Å². The van der Waals surface area contributed by atoms with Crippen molar-refractivity contribution in [2.45, 2.75) is 26.1 Å². The fraction of sp³-hybridized carbons (Fsp3) is 0.333. The smallest absolute Gasteiger partial charge is 0.369 e. The Balaban J connectivity index is 1.40. The molecule has 1 unspecified atom stereocenters. The number of anilines is 6. The summed E-state index contributed by atoms with van der Waals surface area (Å²) in [6, 6.07) is 11.2. The van der Waals surface area contributed by atoms with E-state index in [0.29, 0.717) is 11.9 Å². The summed E-state index contributed by atoms with van der Waals surface area (Å²) in [7, 11) is 0. The number of nitrogens with zero attached hydrogens (tertiary/aromatic N) is 4. The zero-order valence-corrected chi connectivity index (χ0v) is 22.0. The van der Waals surface area contributed by atoms with E-state index in [9.17, 15) is 22.8 Å². The summed E-state index contributed by atoms with van der Waals surface area (Å²) in [4.78, 5) is 37.7. The highest BCUT2D eigenvalue weighted by atomic mass is 19.4.